The van der Waals surface area contributed by atoms with Gasteiger partial charge in [0.1, 0.15) is 23.6 Å². The van der Waals surface area contributed by atoms with Crippen LogP contribution < -0.4 is 16.0 Å². The molecule has 4 aromatic rings. The standard InChI is InChI=1S/C42H51N7O5/c1-25(2)36(47-40(51)53-6)39(50)48-19-7-9-34(48)37-44-24-33(46-37)31-18-17-29-21-28(15-16-30(29)22-31)26-11-13-27(14-12-26)32-23-43-38(45-32)35-10-8-20-49(35)41(52)54-42(3,4)5/h11-18,21-25,34-37,44,46H,7-10,19-20H2,1-6H3,(H,43,45)(H,47,51)/t34-,35-,36-,37?/m0/s1. The molecule has 7 rings (SSSR count). The van der Waals surface area contributed by atoms with Gasteiger partial charge in [-0.3, -0.25) is 9.69 Å². The molecular weight excluding hydrogens is 683 g/mol. The lowest BCUT2D eigenvalue weighted by molar-refractivity contribution is -0.135. The lowest BCUT2D eigenvalue weighted by Crippen LogP contribution is -2.57. The first-order valence-corrected chi connectivity index (χ1v) is 19.0. The summed E-state index contributed by atoms with van der Waals surface area (Å²) in [7, 11) is 1.31. The van der Waals surface area contributed by atoms with Crippen LogP contribution in [-0.2, 0) is 14.3 Å². The molecule has 0 spiro atoms. The van der Waals surface area contributed by atoms with Gasteiger partial charge in [0.05, 0.1) is 36.8 Å². The molecular formula is C42H51N7O5. The number of carbonyl (C=O) groups excluding carboxylic acids is 3. The highest BCUT2D eigenvalue weighted by Crippen LogP contribution is 2.34. The highest BCUT2D eigenvalue weighted by Gasteiger charge is 2.40. The van der Waals surface area contributed by atoms with Gasteiger partial charge in [-0.25, -0.2) is 14.6 Å². The summed E-state index contributed by atoms with van der Waals surface area (Å²) in [5.41, 5.74) is 5.66. The lowest BCUT2D eigenvalue weighted by Gasteiger charge is -2.34. The molecule has 12 heteroatoms. The summed E-state index contributed by atoms with van der Waals surface area (Å²) in [6, 6.07) is 20.6. The number of ether oxygens (including phenoxy) is 2. The average Bonchev–Trinajstić information content (AvgIpc) is 3.98. The van der Waals surface area contributed by atoms with E-state index in [9.17, 15) is 14.4 Å². The predicted molar refractivity (Wildman–Crippen MR) is 209 cm³/mol. The number of hydrogen-bond acceptors (Lipinski definition) is 8. The van der Waals surface area contributed by atoms with Gasteiger partial charge in [0.25, 0.3) is 0 Å². The Balaban J connectivity index is 0.997. The largest absolute Gasteiger partial charge is 0.453 e. The van der Waals surface area contributed by atoms with Crippen molar-refractivity contribution in [3.8, 4) is 22.4 Å². The maximum atomic E-state index is 13.6. The van der Waals surface area contributed by atoms with E-state index in [0.29, 0.717) is 13.1 Å². The van der Waals surface area contributed by atoms with Crippen LogP contribution in [0.4, 0.5) is 9.59 Å². The highest BCUT2D eigenvalue weighted by atomic mass is 16.6. The minimum absolute atomic E-state index is 0.0570. The first kappa shape index (κ1) is 36.8. The summed E-state index contributed by atoms with van der Waals surface area (Å²) >= 11 is 0. The number of hydrogen-bond donors (Lipinski definition) is 4. The van der Waals surface area contributed by atoms with Gasteiger partial charge in [0.15, 0.2) is 0 Å². The van der Waals surface area contributed by atoms with Crippen LogP contribution >= 0.6 is 0 Å². The quantitative estimate of drug-likeness (QED) is 0.150. The van der Waals surface area contributed by atoms with E-state index in [1.807, 2.05) is 51.9 Å². The zero-order chi connectivity index (χ0) is 38.1. The first-order chi connectivity index (χ1) is 25.9. The number of rotatable bonds is 8. The van der Waals surface area contributed by atoms with Gasteiger partial charge in [0.2, 0.25) is 5.91 Å². The highest BCUT2D eigenvalue weighted by molar-refractivity contribution is 5.90. The van der Waals surface area contributed by atoms with Crippen LogP contribution in [0.1, 0.15) is 77.7 Å². The van der Waals surface area contributed by atoms with Crippen molar-refractivity contribution in [1.82, 2.24) is 35.7 Å². The predicted octanol–water partition coefficient (Wildman–Crippen LogP) is 7.16. The Morgan fingerprint density at radius 3 is 2.22 bits per heavy atom. The molecule has 54 heavy (non-hydrogen) atoms. The first-order valence-electron chi connectivity index (χ1n) is 19.0. The molecule has 4 N–H and O–H groups in total. The van der Waals surface area contributed by atoms with Crippen LogP contribution in [0.25, 0.3) is 38.9 Å². The topological polar surface area (TPSA) is 141 Å². The molecule has 1 aromatic heterocycles. The van der Waals surface area contributed by atoms with Crippen LogP contribution in [0.15, 0.2) is 73.1 Å². The van der Waals surface area contributed by atoms with Gasteiger partial charge >= 0.3 is 12.2 Å². The Labute approximate surface area is 316 Å². The molecule has 12 nitrogen and oxygen atoms in total. The molecule has 4 heterocycles. The average molecular weight is 734 g/mol. The van der Waals surface area contributed by atoms with Gasteiger partial charge in [-0.05, 0) is 97.5 Å². The third kappa shape index (κ3) is 7.74. The van der Waals surface area contributed by atoms with Crippen LogP contribution in [0.3, 0.4) is 0 Å². The van der Waals surface area contributed by atoms with Crippen molar-refractivity contribution in [2.24, 2.45) is 5.92 Å². The molecule has 2 saturated heterocycles. The molecule has 284 valence electrons. The fourth-order valence-corrected chi connectivity index (χ4v) is 7.77. The molecule has 3 aliphatic rings. The zero-order valence-corrected chi connectivity index (χ0v) is 31.9. The molecule has 1 unspecified atom stereocenters. The summed E-state index contributed by atoms with van der Waals surface area (Å²) < 4.78 is 10.4. The second-order valence-corrected chi connectivity index (χ2v) is 15.8. The minimum Gasteiger partial charge on any atom is -0.453 e. The van der Waals surface area contributed by atoms with Crippen molar-refractivity contribution in [3.63, 3.8) is 0 Å². The molecule has 0 radical (unpaired) electrons. The van der Waals surface area contributed by atoms with Crippen LogP contribution in [0, 0.1) is 5.92 Å². The number of likely N-dealkylation sites (tertiary alicyclic amines) is 2. The number of nitrogens with zero attached hydrogens (tertiary/aromatic N) is 3. The summed E-state index contributed by atoms with van der Waals surface area (Å²) in [4.78, 5) is 50.2. The zero-order valence-electron chi connectivity index (χ0n) is 31.9. The fourth-order valence-electron chi connectivity index (χ4n) is 7.77. The Hall–Kier alpha value is -5.52. The number of fused-ring (bicyclic) bond motifs is 1. The van der Waals surface area contributed by atoms with Crippen molar-refractivity contribution >= 4 is 34.6 Å². The van der Waals surface area contributed by atoms with E-state index in [-0.39, 0.29) is 36.2 Å². The number of aromatic amines is 1. The number of benzene rings is 3. The van der Waals surface area contributed by atoms with Crippen LogP contribution in [0.5, 0.6) is 0 Å². The van der Waals surface area contributed by atoms with E-state index in [0.717, 1.165) is 75.9 Å². The maximum Gasteiger partial charge on any atom is 0.410 e. The number of methoxy groups -OCH3 is 1. The van der Waals surface area contributed by atoms with Crippen LogP contribution in [-0.4, -0.2) is 81.9 Å². The Morgan fingerprint density at radius 2 is 1.52 bits per heavy atom. The normalized spacial score (nSPS) is 20.4. The van der Waals surface area contributed by atoms with E-state index in [1.165, 1.54) is 7.11 Å². The number of amides is 3. The van der Waals surface area contributed by atoms with E-state index in [2.05, 4.69) is 86.6 Å². The van der Waals surface area contributed by atoms with Gasteiger partial charge in [0, 0.05) is 19.3 Å². The van der Waals surface area contributed by atoms with Crippen molar-refractivity contribution in [1.29, 1.82) is 0 Å². The molecule has 2 fully saturated rings. The monoisotopic (exact) mass is 733 g/mol. The number of carbonyl (C=O) groups is 3. The molecule has 0 aliphatic carbocycles. The lowest BCUT2D eigenvalue weighted by atomic mass is 9.98. The summed E-state index contributed by atoms with van der Waals surface area (Å²) in [5.74, 6) is 0.614. The van der Waals surface area contributed by atoms with E-state index in [4.69, 9.17) is 9.47 Å². The third-order valence-corrected chi connectivity index (χ3v) is 10.5. The smallest absolute Gasteiger partial charge is 0.410 e. The number of nitrogens with one attached hydrogen (secondary N) is 4. The third-order valence-electron chi connectivity index (χ3n) is 10.5. The molecule has 3 aromatic carbocycles. The fraction of sp³-hybridized carbons (Fsp3) is 0.429. The van der Waals surface area contributed by atoms with Gasteiger partial charge < -0.3 is 35.3 Å². The Kier molecular flexibility index (Phi) is 10.3. The Bertz CT molecular complexity index is 2050. The molecule has 0 saturated carbocycles. The van der Waals surface area contributed by atoms with Crippen molar-refractivity contribution in [2.75, 3.05) is 20.2 Å². The number of aromatic nitrogens is 2. The van der Waals surface area contributed by atoms with E-state index in [1.54, 1.807) is 4.90 Å². The second-order valence-electron chi connectivity index (χ2n) is 15.8. The molecule has 4 atom stereocenters. The number of imidazole rings is 1. The SMILES string of the molecule is COC(=O)N[C@H](C(=O)N1CCC[C@H]1C1NC=C(c2ccc3cc(-c4ccc(-c5cnc([C@@H]6CCCN6C(=O)OC(C)(C)C)[nH]5)cc4)ccc3c2)N1)C(C)C. The van der Waals surface area contributed by atoms with Crippen molar-refractivity contribution in [2.45, 2.75) is 90.2 Å². The number of alkyl carbamates (subject to hydrolysis) is 1. The molecule has 0 bridgehead atoms. The van der Waals surface area contributed by atoms with Crippen molar-refractivity contribution < 1.29 is 23.9 Å². The van der Waals surface area contributed by atoms with Gasteiger partial charge in [-0.1, -0.05) is 62.4 Å². The summed E-state index contributed by atoms with van der Waals surface area (Å²) in [5, 5.41) is 12.1. The van der Waals surface area contributed by atoms with E-state index < -0.39 is 17.7 Å². The maximum absolute atomic E-state index is 13.6. The summed E-state index contributed by atoms with van der Waals surface area (Å²) in [6.07, 6.45) is 6.31. The molecule has 3 amide bonds. The van der Waals surface area contributed by atoms with Crippen molar-refractivity contribution in [3.05, 3.63) is 84.4 Å². The summed E-state index contributed by atoms with van der Waals surface area (Å²) in [6.45, 7) is 10.8. The second kappa shape index (κ2) is 15.1. The number of H-pyrrole nitrogens is 1. The van der Waals surface area contributed by atoms with E-state index >= 15 is 0 Å². The van der Waals surface area contributed by atoms with Gasteiger partial charge in [-0.15, -0.1) is 0 Å². The van der Waals surface area contributed by atoms with Crippen LogP contribution in [0.2, 0.25) is 0 Å². The minimum atomic E-state index is -0.651. The van der Waals surface area contributed by atoms with Gasteiger partial charge in [-0.2, -0.15) is 0 Å². The molecule has 3 aliphatic heterocycles. The Morgan fingerprint density at radius 1 is 0.870 bits per heavy atom.